The zero-order chi connectivity index (χ0) is 18.8. The summed E-state index contributed by atoms with van der Waals surface area (Å²) in [6.07, 6.45) is 0. The SMILES string of the molecule is COc1c(F)cc(C(=O)N2C[C@H]3COC[C@@H]2CN(CC(=O)O)C3)cc1F. The number of carboxylic acid groups (broad SMARTS) is 1. The number of fused-ring (bicyclic) bond motifs is 3. The fraction of sp³-hybridized carbons (Fsp3) is 0.529. The summed E-state index contributed by atoms with van der Waals surface area (Å²) in [6, 6.07) is 1.52. The highest BCUT2D eigenvalue weighted by Gasteiger charge is 2.37. The van der Waals surface area contributed by atoms with Gasteiger partial charge in [-0.1, -0.05) is 0 Å². The van der Waals surface area contributed by atoms with Gasteiger partial charge in [0.05, 0.1) is 32.9 Å². The van der Waals surface area contributed by atoms with E-state index in [4.69, 9.17) is 9.84 Å². The quantitative estimate of drug-likeness (QED) is 0.846. The lowest BCUT2D eigenvalue weighted by molar-refractivity contribution is -0.138. The number of nitrogens with zero attached hydrogens (tertiary/aromatic N) is 2. The van der Waals surface area contributed by atoms with Crippen molar-refractivity contribution in [3.8, 4) is 5.75 Å². The van der Waals surface area contributed by atoms with E-state index < -0.39 is 29.3 Å². The molecule has 1 aromatic rings. The Balaban J connectivity index is 1.86. The summed E-state index contributed by atoms with van der Waals surface area (Å²) < 4.78 is 38.1. The molecular formula is C17H20F2N2O5. The average molecular weight is 370 g/mol. The molecule has 0 radical (unpaired) electrons. The molecule has 2 atom stereocenters. The fourth-order valence-corrected chi connectivity index (χ4v) is 3.55. The van der Waals surface area contributed by atoms with E-state index in [1.54, 1.807) is 4.90 Å². The van der Waals surface area contributed by atoms with Crippen LogP contribution in [0.3, 0.4) is 0 Å². The van der Waals surface area contributed by atoms with Crippen molar-refractivity contribution in [2.45, 2.75) is 6.04 Å². The number of methoxy groups -OCH3 is 1. The van der Waals surface area contributed by atoms with Crippen LogP contribution in [0.25, 0.3) is 0 Å². The molecule has 2 heterocycles. The highest BCUT2D eigenvalue weighted by molar-refractivity contribution is 5.94. The van der Waals surface area contributed by atoms with E-state index in [-0.39, 0.29) is 30.7 Å². The summed E-state index contributed by atoms with van der Waals surface area (Å²) in [5, 5.41) is 9.04. The van der Waals surface area contributed by atoms with Crippen LogP contribution in [0.15, 0.2) is 12.1 Å². The van der Waals surface area contributed by atoms with Crippen LogP contribution in [0.1, 0.15) is 10.4 Å². The molecule has 2 saturated heterocycles. The Morgan fingerprint density at radius 2 is 1.92 bits per heavy atom. The van der Waals surface area contributed by atoms with Crippen molar-refractivity contribution in [2.75, 3.05) is 46.5 Å². The lowest BCUT2D eigenvalue weighted by Gasteiger charge is -2.30. The van der Waals surface area contributed by atoms with Gasteiger partial charge in [-0.15, -0.1) is 0 Å². The number of rotatable bonds is 4. The van der Waals surface area contributed by atoms with Crippen molar-refractivity contribution in [1.29, 1.82) is 0 Å². The van der Waals surface area contributed by atoms with Gasteiger partial charge in [0.2, 0.25) is 0 Å². The van der Waals surface area contributed by atoms with E-state index in [0.717, 1.165) is 19.2 Å². The Bertz CT molecular complexity index is 691. The second-order valence-electron chi connectivity index (χ2n) is 6.58. The van der Waals surface area contributed by atoms with E-state index in [1.165, 1.54) is 4.90 Å². The number of hydrogen-bond donors (Lipinski definition) is 1. The molecule has 0 aliphatic carbocycles. The molecule has 0 spiro atoms. The maximum absolute atomic E-state index is 14.0. The second kappa shape index (κ2) is 7.55. The number of halogens is 2. The van der Waals surface area contributed by atoms with Gasteiger partial charge in [0, 0.05) is 31.1 Å². The van der Waals surface area contributed by atoms with Gasteiger partial charge in [-0.2, -0.15) is 0 Å². The van der Waals surface area contributed by atoms with E-state index in [9.17, 15) is 18.4 Å². The van der Waals surface area contributed by atoms with Crippen molar-refractivity contribution >= 4 is 11.9 Å². The minimum absolute atomic E-state index is 0.0706. The largest absolute Gasteiger partial charge is 0.491 e. The monoisotopic (exact) mass is 370 g/mol. The molecule has 1 aromatic carbocycles. The van der Waals surface area contributed by atoms with Crippen molar-refractivity contribution in [3.05, 3.63) is 29.3 Å². The highest BCUT2D eigenvalue weighted by Crippen LogP contribution is 2.26. The molecule has 0 unspecified atom stereocenters. The average Bonchev–Trinajstić information content (AvgIpc) is 2.84. The van der Waals surface area contributed by atoms with E-state index in [2.05, 4.69) is 4.74 Å². The van der Waals surface area contributed by atoms with Crippen LogP contribution in [-0.4, -0.2) is 79.3 Å². The van der Waals surface area contributed by atoms with Crippen LogP contribution >= 0.6 is 0 Å². The Hall–Kier alpha value is -2.26. The van der Waals surface area contributed by atoms with Crippen molar-refractivity contribution < 1.29 is 33.0 Å². The molecule has 1 N–H and O–H groups in total. The van der Waals surface area contributed by atoms with Gasteiger partial charge in [0.15, 0.2) is 17.4 Å². The second-order valence-corrected chi connectivity index (χ2v) is 6.58. The molecule has 2 aliphatic rings. The molecule has 9 heteroatoms. The lowest BCUT2D eigenvalue weighted by atomic mass is 10.1. The topological polar surface area (TPSA) is 79.3 Å². The van der Waals surface area contributed by atoms with E-state index >= 15 is 0 Å². The standard InChI is InChI=1S/C17H20F2N2O5/c1-25-16-13(18)2-11(3-14(16)19)17(24)21-5-10-4-20(7-15(22)23)6-12(21)9-26-8-10/h2-3,10,12H,4-9H2,1H3,(H,22,23)/t10-,12-/m0/s1. The number of carbonyl (C=O) groups excluding carboxylic acids is 1. The smallest absolute Gasteiger partial charge is 0.317 e. The molecule has 2 fully saturated rings. The molecule has 142 valence electrons. The molecule has 26 heavy (non-hydrogen) atoms. The number of amides is 1. The van der Waals surface area contributed by atoms with Crippen molar-refractivity contribution in [3.63, 3.8) is 0 Å². The Morgan fingerprint density at radius 1 is 1.23 bits per heavy atom. The van der Waals surface area contributed by atoms with E-state index in [0.29, 0.717) is 26.2 Å². The van der Waals surface area contributed by atoms with Gasteiger partial charge in [-0.25, -0.2) is 8.78 Å². The van der Waals surface area contributed by atoms with Gasteiger partial charge in [-0.3, -0.25) is 14.5 Å². The number of benzene rings is 1. The summed E-state index contributed by atoms with van der Waals surface area (Å²) in [6.45, 7) is 1.69. The Kier molecular flexibility index (Phi) is 5.38. The van der Waals surface area contributed by atoms with Crippen LogP contribution < -0.4 is 4.74 Å². The van der Waals surface area contributed by atoms with Gasteiger partial charge >= 0.3 is 5.97 Å². The molecule has 0 saturated carbocycles. The normalized spacial score (nSPS) is 23.4. The third kappa shape index (κ3) is 3.78. The van der Waals surface area contributed by atoms with Crippen LogP contribution in [0.5, 0.6) is 5.75 Å². The molecule has 7 nitrogen and oxygen atoms in total. The zero-order valence-corrected chi connectivity index (χ0v) is 14.3. The zero-order valence-electron chi connectivity index (χ0n) is 14.3. The molecule has 2 bridgehead atoms. The summed E-state index contributed by atoms with van der Waals surface area (Å²) in [7, 11) is 1.15. The summed E-state index contributed by atoms with van der Waals surface area (Å²) >= 11 is 0. The minimum Gasteiger partial charge on any atom is -0.491 e. The maximum atomic E-state index is 14.0. The summed E-state index contributed by atoms with van der Waals surface area (Å²) in [5.74, 6) is -3.95. The fourth-order valence-electron chi connectivity index (χ4n) is 3.55. The Labute approximate surface area is 149 Å². The van der Waals surface area contributed by atoms with Crippen molar-refractivity contribution in [1.82, 2.24) is 9.80 Å². The molecule has 2 aliphatic heterocycles. The van der Waals surface area contributed by atoms with Gasteiger partial charge in [-0.05, 0) is 12.1 Å². The first-order valence-electron chi connectivity index (χ1n) is 8.25. The van der Waals surface area contributed by atoms with Gasteiger partial charge < -0.3 is 19.5 Å². The number of carboxylic acids is 1. The first-order chi connectivity index (χ1) is 12.4. The number of carbonyl (C=O) groups is 2. The highest BCUT2D eigenvalue weighted by atomic mass is 19.1. The van der Waals surface area contributed by atoms with Crippen LogP contribution in [0.2, 0.25) is 0 Å². The van der Waals surface area contributed by atoms with Gasteiger partial charge in [0.1, 0.15) is 0 Å². The Morgan fingerprint density at radius 3 is 2.54 bits per heavy atom. The maximum Gasteiger partial charge on any atom is 0.317 e. The number of aliphatic carboxylic acids is 1. The first-order valence-corrected chi connectivity index (χ1v) is 8.25. The molecular weight excluding hydrogens is 350 g/mol. The van der Waals surface area contributed by atoms with Crippen LogP contribution in [-0.2, 0) is 9.53 Å². The number of ether oxygens (including phenoxy) is 2. The lowest BCUT2D eigenvalue weighted by Crippen LogP contribution is -2.47. The third-order valence-electron chi connectivity index (χ3n) is 4.61. The predicted molar refractivity (Wildman–Crippen MR) is 86.1 cm³/mol. The third-order valence-corrected chi connectivity index (χ3v) is 4.61. The first kappa shape index (κ1) is 18.5. The predicted octanol–water partition coefficient (Wildman–Crippen LogP) is 0.831. The number of hydrogen-bond acceptors (Lipinski definition) is 5. The summed E-state index contributed by atoms with van der Waals surface area (Å²) in [5.41, 5.74) is -0.113. The van der Waals surface area contributed by atoms with Crippen LogP contribution in [0.4, 0.5) is 8.78 Å². The molecule has 3 rings (SSSR count). The van der Waals surface area contributed by atoms with Gasteiger partial charge in [0.25, 0.3) is 5.91 Å². The minimum atomic E-state index is -0.947. The molecule has 0 aromatic heterocycles. The van der Waals surface area contributed by atoms with Crippen LogP contribution in [0, 0.1) is 17.6 Å². The van der Waals surface area contributed by atoms with E-state index in [1.807, 2.05) is 0 Å². The van der Waals surface area contributed by atoms with Crippen molar-refractivity contribution in [2.24, 2.45) is 5.92 Å². The molecule has 1 amide bonds. The summed E-state index contributed by atoms with van der Waals surface area (Å²) in [4.78, 5) is 27.2.